The zero-order valence-corrected chi connectivity index (χ0v) is 12.7. The Morgan fingerprint density at radius 3 is 2.50 bits per heavy atom. The molecule has 0 fully saturated rings. The highest BCUT2D eigenvalue weighted by molar-refractivity contribution is 7.20. The fourth-order valence-corrected chi connectivity index (χ4v) is 3.35. The molecule has 0 aliphatic rings. The predicted molar refractivity (Wildman–Crippen MR) is 85.5 cm³/mol. The fourth-order valence-electron chi connectivity index (χ4n) is 2.33. The van der Waals surface area contributed by atoms with E-state index in [4.69, 9.17) is 0 Å². The van der Waals surface area contributed by atoms with Gasteiger partial charge in [-0.3, -0.25) is 4.79 Å². The van der Waals surface area contributed by atoms with Crippen LogP contribution in [0.2, 0.25) is 0 Å². The molecule has 3 aromatic rings. The average Bonchev–Trinajstić information content (AvgIpc) is 2.95. The molecule has 2 aromatic carbocycles. The van der Waals surface area contributed by atoms with Crippen molar-refractivity contribution in [1.29, 1.82) is 0 Å². The summed E-state index contributed by atoms with van der Waals surface area (Å²) < 4.78 is 27.5. The summed E-state index contributed by atoms with van der Waals surface area (Å²) in [6, 6.07) is 12.1. The minimum Gasteiger partial charge on any atom is -0.308 e. The second-order valence-corrected chi connectivity index (χ2v) is 5.87. The molecular weight excluding hydrogens is 304 g/mol. The lowest BCUT2D eigenvalue weighted by Crippen LogP contribution is -2.29. The molecular formula is C17H13F2NOS. The quantitative estimate of drug-likeness (QED) is 0.676. The molecule has 1 amide bonds. The molecule has 3 rings (SSSR count). The van der Waals surface area contributed by atoms with E-state index in [1.165, 1.54) is 29.5 Å². The van der Waals surface area contributed by atoms with Crippen molar-refractivity contribution in [2.24, 2.45) is 0 Å². The van der Waals surface area contributed by atoms with Gasteiger partial charge in [-0.15, -0.1) is 11.3 Å². The first-order chi connectivity index (χ1) is 10.6. The first-order valence-corrected chi connectivity index (χ1v) is 7.67. The van der Waals surface area contributed by atoms with Crippen molar-refractivity contribution >= 4 is 33.0 Å². The molecule has 22 heavy (non-hydrogen) atoms. The van der Waals surface area contributed by atoms with Crippen LogP contribution in [-0.2, 0) is 0 Å². The van der Waals surface area contributed by atoms with Crippen LogP contribution in [0, 0.1) is 11.6 Å². The lowest BCUT2D eigenvalue weighted by molar-refractivity contribution is 0.0992. The maximum Gasteiger partial charge on any atom is 0.268 e. The molecule has 0 saturated heterocycles. The van der Waals surface area contributed by atoms with Crippen LogP contribution in [0.25, 0.3) is 10.1 Å². The number of amides is 1. The number of halogens is 2. The topological polar surface area (TPSA) is 20.3 Å². The summed E-state index contributed by atoms with van der Waals surface area (Å²) in [4.78, 5) is 14.7. The molecule has 0 saturated carbocycles. The minimum absolute atomic E-state index is 0.213. The normalized spacial score (nSPS) is 10.9. The Labute approximate surface area is 130 Å². The average molecular weight is 317 g/mol. The third-order valence-corrected chi connectivity index (χ3v) is 4.51. The second kappa shape index (κ2) is 5.85. The standard InChI is InChI=1S/C17H13F2NOS/c1-2-20(12-8-6-11(18)7-9-12)17(21)16-10-13-14(19)4-3-5-15(13)22-16/h3-10H,2H2,1H3. The van der Waals surface area contributed by atoms with E-state index in [0.717, 1.165) is 4.70 Å². The maximum absolute atomic E-state index is 13.8. The maximum atomic E-state index is 13.8. The number of carbonyl (C=O) groups excluding carboxylic acids is 1. The summed E-state index contributed by atoms with van der Waals surface area (Å²) in [5.41, 5.74) is 0.617. The summed E-state index contributed by atoms with van der Waals surface area (Å²) in [5, 5.41) is 0.450. The lowest BCUT2D eigenvalue weighted by Gasteiger charge is -2.20. The van der Waals surface area contributed by atoms with Gasteiger partial charge in [-0.05, 0) is 49.4 Å². The van der Waals surface area contributed by atoms with Crippen molar-refractivity contribution in [3.63, 3.8) is 0 Å². The molecule has 1 aromatic heterocycles. The van der Waals surface area contributed by atoms with Gasteiger partial charge in [0.05, 0.1) is 4.88 Å². The van der Waals surface area contributed by atoms with Gasteiger partial charge >= 0.3 is 0 Å². The smallest absolute Gasteiger partial charge is 0.268 e. The van der Waals surface area contributed by atoms with E-state index in [1.54, 1.807) is 35.2 Å². The van der Waals surface area contributed by atoms with Crippen LogP contribution < -0.4 is 4.90 Å². The lowest BCUT2D eigenvalue weighted by atomic mass is 10.2. The number of fused-ring (bicyclic) bond motifs is 1. The van der Waals surface area contributed by atoms with Gasteiger partial charge in [-0.2, -0.15) is 0 Å². The molecule has 0 atom stereocenters. The van der Waals surface area contributed by atoms with E-state index in [0.29, 0.717) is 22.5 Å². The van der Waals surface area contributed by atoms with Gasteiger partial charge in [0.2, 0.25) is 0 Å². The summed E-state index contributed by atoms with van der Waals surface area (Å²) >= 11 is 1.26. The zero-order chi connectivity index (χ0) is 15.7. The third-order valence-electron chi connectivity index (χ3n) is 3.42. The number of benzene rings is 2. The summed E-state index contributed by atoms with van der Waals surface area (Å²) in [6.07, 6.45) is 0. The van der Waals surface area contributed by atoms with Gasteiger partial charge in [0, 0.05) is 22.3 Å². The van der Waals surface area contributed by atoms with Gasteiger partial charge in [-0.25, -0.2) is 8.78 Å². The monoisotopic (exact) mass is 317 g/mol. The number of thiophene rings is 1. The Morgan fingerprint density at radius 1 is 1.14 bits per heavy atom. The Balaban J connectivity index is 1.99. The van der Waals surface area contributed by atoms with Crippen LogP contribution in [-0.4, -0.2) is 12.5 Å². The minimum atomic E-state index is -0.351. The number of nitrogens with zero attached hydrogens (tertiary/aromatic N) is 1. The molecule has 2 nitrogen and oxygen atoms in total. The van der Waals surface area contributed by atoms with Gasteiger partial charge in [-0.1, -0.05) is 6.07 Å². The van der Waals surface area contributed by atoms with Crippen molar-refractivity contribution in [3.8, 4) is 0 Å². The van der Waals surface area contributed by atoms with Crippen LogP contribution in [0.3, 0.4) is 0 Å². The summed E-state index contributed by atoms with van der Waals surface area (Å²) in [5.74, 6) is -0.900. The molecule has 0 spiro atoms. The van der Waals surface area contributed by atoms with E-state index in [9.17, 15) is 13.6 Å². The van der Waals surface area contributed by atoms with E-state index >= 15 is 0 Å². The SMILES string of the molecule is CCN(C(=O)c1cc2c(F)cccc2s1)c1ccc(F)cc1. The highest BCUT2D eigenvalue weighted by Crippen LogP contribution is 2.29. The zero-order valence-electron chi connectivity index (χ0n) is 11.8. The van der Waals surface area contributed by atoms with E-state index in [1.807, 2.05) is 6.92 Å². The van der Waals surface area contributed by atoms with Crippen molar-refractivity contribution in [3.05, 3.63) is 65.0 Å². The summed E-state index contributed by atoms with van der Waals surface area (Å²) in [6.45, 7) is 2.29. The molecule has 0 aliphatic carbocycles. The first-order valence-electron chi connectivity index (χ1n) is 6.85. The molecule has 0 aliphatic heterocycles. The second-order valence-electron chi connectivity index (χ2n) is 4.79. The van der Waals surface area contributed by atoms with Gasteiger partial charge in [0.25, 0.3) is 5.91 Å². The first kappa shape index (κ1) is 14.7. The molecule has 0 radical (unpaired) electrons. The molecule has 0 bridgehead atoms. The van der Waals surface area contributed by atoms with Crippen molar-refractivity contribution in [2.45, 2.75) is 6.92 Å². The Bertz CT molecular complexity index is 826. The van der Waals surface area contributed by atoms with Gasteiger partial charge in [0.1, 0.15) is 11.6 Å². The molecule has 5 heteroatoms. The Morgan fingerprint density at radius 2 is 1.86 bits per heavy atom. The Kier molecular flexibility index (Phi) is 3.90. The highest BCUT2D eigenvalue weighted by atomic mass is 32.1. The number of rotatable bonds is 3. The van der Waals surface area contributed by atoms with Crippen LogP contribution >= 0.6 is 11.3 Å². The molecule has 0 N–H and O–H groups in total. The van der Waals surface area contributed by atoms with Crippen LogP contribution in [0.1, 0.15) is 16.6 Å². The predicted octanol–water partition coefficient (Wildman–Crippen LogP) is 4.85. The van der Waals surface area contributed by atoms with E-state index in [-0.39, 0.29) is 17.5 Å². The third kappa shape index (κ3) is 2.60. The highest BCUT2D eigenvalue weighted by Gasteiger charge is 2.19. The number of carbonyl (C=O) groups is 1. The number of hydrogen-bond acceptors (Lipinski definition) is 2. The Hall–Kier alpha value is -2.27. The van der Waals surface area contributed by atoms with Crippen LogP contribution in [0.15, 0.2) is 48.5 Å². The van der Waals surface area contributed by atoms with E-state index < -0.39 is 0 Å². The van der Waals surface area contributed by atoms with Crippen molar-refractivity contribution in [1.82, 2.24) is 0 Å². The summed E-state index contributed by atoms with van der Waals surface area (Å²) in [7, 11) is 0. The van der Waals surface area contributed by atoms with E-state index in [2.05, 4.69) is 0 Å². The largest absolute Gasteiger partial charge is 0.308 e. The molecule has 0 unspecified atom stereocenters. The van der Waals surface area contributed by atoms with Crippen molar-refractivity contribution < 1.29 is 13.6 Å². The molecule has 112 valence electrons. The number of anilines is 1. The van der Waals surface area contributed by atoms with Gasteiger partial charge < -0.3 is 4.90 Å². The number of hydrogen-bond donors (Lipinski definition) is 0. The fraction of sp³-hybridized carbons (Fsp3) is 0.118. The van der Waals surface area contributed by atoms with Crippen molar-refractivity contribution in [2.75, 3.05) is 11.4 Å². The van der Waals surface area contributed by atoms with Crippen LogP contribution in [0.4, 0.5) is 14.5 Å². The molecule has 1 heterocycles. The van der Waals surface area contributed by atoms with Gasteiger partial charge in [0.15, 0.2) is 0 Å². The van der Waals surface area contributed by atoms with Crippen LogP contribution in [0.5, 0.6) is 0 Å².